The van der Waals surface area contributed by atoms with Gasteiger partial charge in [-0.1, -0.05) is 0 Å². The molecule has 0 unspecified atom stereocenters. The van der Waals surface area contributed by atoms with Crippen LogP contribution < -0.4 is 0 Å². The molecule has 0 atom stereocenters. The molecule has 0 fully saturated rings. The van der Waals surface area contributed by atoms with Gasteiger partial charge >= 0.3 is 0 Å². The van der Waals surface area contributed by atoms with Crippen LogP contribution in [0.15, 0.2) is 0 Å². The zero-order valence-electron chi connectivity index (χ0n) is 7.38. The van der Waals surface area contributed by atoms with Gasteiger partial charge in [-0.2, -0.15) is 0 Å². The molecule has 0 aliphatic rings. The Morgan fingerprint density at radius 1 is 0.923 bits per heavy atom. The van der Waals surface area contributed by atoms with Crippen molar-refractivity contribution in [3.63, 3.8) is 0 Å². The van der Waals surface area contributed by atoms with E-state index in [4.69, 9.17) is 46.4 Å². The topological polar surface area (TPSA) is 20.2 Å². The minimum absolute atomic E-state index is 0.685. The average Bonchev–Trinajstić information content (AvgIpc) is 2.01. The predicted octanol–water partition coefficient (Wildman–Crippen LogP) is -5.13. The molecular weight excluding hydrogens is 146 g/mol. The van der Waals surface area contributed by atoms with Gasteiger partial charge in [0.25, 0.3) is 0 Å². The maximum absolute atomic E-state index is 9.56. The highest BCUT2D eigenvalue weighted by molar-refractivity contribution is 8.01. The summed E-state index contributed by atoms with van der Waals surface area (Å²) < 4.78 is 0. The Kier molecular flexibility index (Phi) is 6.62. The third-order valence-corrected chi connectivity index (χ3v) is 1.90. The van der Waals surface area contributed by atoms with Gasteiger partial charge in [-0.15, -0.1) is 0 Å². The van der Waals surface area contributed by atoms with Gasteiger partial charge in [0.2, 0.25) is 0 Å². The maximum Gasteiger partial charge on any atom is 0.181 e. The van der Waals surface area contributed by atoms with Gasteiger partial charge in [-0.3, -0.25) is 0 Å². The molecule has 0 amide bonds. The van der Waals surface area contributed by atoms with E-state index in [1.165, 1.54) is 0 Å². The van der Waals surface area contributed by atoms with Crippen molar-refractivity contribution in [3.05, 3.63) is 0 Å². The van der Waals surface area contributed by atoms with E-state index in [1.54, 1.807) is 0 Å². The van der Waals surface area contributed by atoms with Gasteiger partial charge in [-0.05, 0) is 0 Å². The van der Waals surface area contributed by atoms with Crippen molar-refractivity contribution < 1.29 is 5.02 Å². The third-order valence-electron chi connectivity index (χ3n) is 1.90. The molecule has 1 N–H and O–H groups in total. The summed E-state index contributed by atoms with van der Waals surface area (Å²) in [4.78, 5) is 0. The second-order valence-corrected chi connectivity index (χ2v) is 2.99. The van der Waals surface area contributed by atoms with E-state index < -0.39 is 32.2 Å². The Bertz CT molecular complexity index is 121. The van der Waals surface area contributed by atoms with Crippen LogP contribution in [0.2, 0.25) is 0 Å². The van der Waals surface area contributed by atoms with Gasteiger partial charge in [0, 0.05) is 79.0 Å². The van der Waals surface area contributed by atoms with E-state index in [0.717, 1.165) is 7.06 Å². The molecular formula is HB12O. The molecule has 0 saturated heterocycles. The Hall–Kier alpha value is 0.739. The molecule has 0 saturated carbocycles. The van der Waals surface area contributed by atoms with Gasteiger partial charge in [0.15, 0.2) is 6.70 Å². The average molecular weight is 147 g/mol. The molecule has 13 radical (unpaired) electrons. The van der Waals surface area contributed by atoms with Crippen molar-refractivity contribution in [2.24, 2.45) is 0 Å². The molecule has 0 heterocycles. The largest absolute Gasteiger partial charge is 0.470 e. The number of hydrogen-bond donors (Lipinski definition) is 1. The first-order valence-electron chi connectivity index (χ1n) is 3.92. The molecule has 0 aliphatic heterocycles. The highest BCUT2D eigenvalue weighted by Crippen LogP contribution is 1.93. The molecule has 1 nitrogen and oxygen atoms in total. The van der Waals surface area contributed by atoms with Gasteiger partial charge in [-0.25, -0.2) is 0 Å². The smallest absolute Gasteiger partial charge is 0.181 e. The third kappa shape index (κ3) is 4.18. The zero-order chi connectivity index (χ0) is 10.6. The Balaban J connectivity index is 4.36. The summed E-state index contributed by atoms with van der Waals surface area (Å²) in [5.74, 6) is 0. The first kappa shape index (κ1) is 13.7. The SMILES string of the molecule is [B][B]B([B])B(O)B(B([B])[B])B([B])[B]. The summed E-state index contributed by atoms with van der Waals surface area (Å²) >= 11 is 0. The normalized spacial score (nSPS) is 8.69. The first-order valence-corrected chi connectivity index (χ1v) is 3.92. The highest BCUT2D eigenvalue weighted by atomic mass is 16.2. The fourth-order valence-corrected chi connectivity index (χ4v) is 1.08. The molecule has 0 aliphatic carbocycles. The van der Waals surface area contributed by atoms with Crippen LogP contribution in [0.4, 0.5) is 0 Å². The van der Waals surface area contributed by atoms with Crippen molar-refractivity contribution >= 4 is 85.7 Å². The van der Waals surface area contributed by atoms with Gasteiger partial charge < -0.3 is 5.02 Å². The number of hydrogen-bond acceptors (Lipinski definition) is 1. The maximum atomic E-state index is 9.56. The number of rotatable bonds is 5. The Morgan fingerprint density at radius 3 is 1.54 bits per heavy atom. The predicted molar refractivity (Wildman–Crippen MR) is 71.3 cm³/mol. The molecule has 0 spiro atoms. The summed E-state index contributed by atoms with van der Waals surface area (Å²) in [5.41, 5.74) is 0. The lowest BCUT2D eigenvalue weighted by molar-refractivity contribution is 0.612. The quantitative estimate of drug-likeness (QED) is 0.385. The monoisotopic (exact) mass is 149 g/mol. The lowest BCUT2D eigenvalue weighted by Crippen LogP contribution is -2.68. The van der Waals surface area contributed by atoms with E-state index in [2.05, 4.69) is 0 Å². The van der Waals surface area contributed by atoms with E-state index in [1.807, 2.05) is 0 Å². The fraction of sp³-hybridized carbons (Fsp3) is 0. The molecule has 0 bridgehead atoms. The van der Waals surface area contributed by atoms with E-state index in [0.29, 0.717) is 0 Å². The van der Waals surface area contributed by atoms with Crippen LogP contribution in [0.25, 0.3) is 0 Å². The second-order valence-electron chi connectivity index (χ2n) is 2.99. The second kappa shape index (κ2) is 6.27. The molecule has 13 heteroatoms. The fourth-order valence-electron chi connectivity index (χ4n) is 1.08. The minimum atomic E-state index is -1.04. The first-order chi connectivity index (χ1) is 5.91. The van der Waals surface area contributed by atoms with E-state index >= 15 is 0 Å². The van der Waals surface area contributed by atoms with Crippen LogP contribution in [0.3, 0.4) is 0 Å². The van der Waals surface area contributed by atoms with Crippen LogP contribution in [0.5, 0.6) is 0 Å². The Labute approximate surface area is 91.0 Å². The van der Waals surface area contributed by atoms with Crippen LogP contribution in [-0.4, -0.2) is 90.7 Å². The summed E-state index contributed by atoms with van der Waals surface area (Å²) in [6.07, 6.45) is -3.09. The minimum Gasteiger partial charge on any atom is -0.470 e. The molecule has 0 aromatic carbocycles. The molecule has 43 valence electrons. The lowest BCUT2D eigenvalue weighted by atomic mass is 8.57. The van der Waals surface area contributed by atoms with Gasteiger partial charge in [0.05, 0.1) is 0 Å². The van der Waals surface area contributed by atoms with E-state index in [9.17, 15) is 5.02 Å². The van der Waals surface area contributed by atoms with Crippen molar-refractivity contribution in [2.75, 3.05) is 0 Å². The Morgan fingerprint density at radius 2 is 1.31 bits per heavy atom. The van der Waals surface area contributed by atoms with Gasteiger partial charge in [0.1, 0.15) is 0 Å². The lowest BCUT2D eigenvalue weighted by Gasteiger charge is -2.27. The van der Waals surface area contributed by atoms with E-state index in [-0.39, 0.29) is 0 Å². The summed E-state index contributed by atoms with van der Waals surface area (Å²) in [6.45, 7) is -1.04. The summed E-state index contributed by atoms with van der Waals surface area (Å²) in [7, 11) is 33.2. The summed E-state index contributed by atoms with van der Waals surface area (Å²) in [5, 5.41) is 9.56. The zero-order valence-corrected chi connectivity index (χ0v) is 7.38. The molecule has 0 rings (SSSR count). The van der Waals surface area contributed by atoms with Crippen LogP contribution >= 0.6 is 0 Å². The molecule has 0 aromatic heterocycles. The van der Waals surface area contributed by atoms with Crippen LogP contribution in [-0.2, 0) is 0 Å². The van der Waals surface area contributed by atoms with Crippen LogP contribution in [0, 0.1) is 0 Å². The van der Waals surface area contributed by atoms with Crippen LogP contribution in [0.1, 0.15) is 0 Å². The van der Waals surface area contributed by atoms with Crippen molar-refractivity contribution in [1.29, 1.82) is 0 Å². The van der Waals surface area contributed by atoms with Crippen molar-refractivity contribution in [1.82, 2.24) is 0 Å². The molecule has 13 heavy (non-hydrogen) atoms. The molecule has 0 aromatic rings. The standard InChI is InChI=1S/B12HO/c1-7-10(6)12(13)11(8(2)3)9(4)5/h13H. The van der Waals surface area contributed by atoms with Crippen molar-refractivity contribution in [2.45, 2.75) is 0 Å². The van der Waals surface area contributed by atoms with Crippen molar-refractivity contribution in [3.8, 4) is 0 Å². The highest BCUT2D eigenvalue weighted by Gasteiger charge is 2.35. The summed E-state index contributed by atoms with van der Waals surface area (Å²) in [6, 6.07) is 0.